The van der Waals surface area contributed by atoms with Crippen molar-refractivity contribution in [2.75, 3.05) is 0 Å². The van der Waals surface area contributed by atoms with Gasteiger partial charge in [-0.25, -0.2) is 0 Å². The van der Waals surface area contributed by atoms with Gasteiger partial charge < -0.3 is 4.57 Å². The van der Waals surface area contributed by atoms with Gasteiger partial charge in [0.15, 0.2) is 0 Å². The lowest BCUT2D eigenvalue weighted by Gasteiger charge is -2.13. The van der Waals surface area contributed by atoms with Crippen molar-refractivity contribution < 1.29 is 0 Å². The number of nitriles is 1. The third-order valence-corrected chi connectivity index (χ3v) is 5.07. The van der Waals surface area contributed by atoms with E-state index in [1.807, 2.05) is 66.7 Å². The Morgan fingerprint density at radius 1 is 0.897 bits per heavy atom. The first-order valence-corrected chi connectivity index (χ1v) is 9.76. The molecule has 0 spiro atoms. The number of benzene rings is 3. The Morgan fingerprint density at radius 3 is 2.24 bits per heavy atom. The summed E-state index contributed by atoms with van der Waals surface area (Å²) < 4.78 is 2.23. The van der Waals surface area contributed by atoms with Crippen LogP contribution >= 0.6 is 11.6 Å². The first kappa shape index (κ1) is 18.8. The zero-order valence-corrected chi connectivity index (χ0v) is 16.8. The molecule has 0 fully saturated rings. The average Bonchev–Trinajstić information content (AvgIpc) is 3.09. The maximum atomic E-state index is 9.82. The fraction of sp³-hybridized carbons (Fsp3) is 0.0385. The summed E-state index contributed by atoms with van der Waals surface area (Å²) >= 11 is 6.14. The van der Waals surface area contributed by atoms with Gasteiger partial charge in [0, 0.05) is 22.0 Å². The van der Waals surface area contributed by atoms with Crippen LogP contribution in [0.5, 0.6) is 0 Å². The Balaban J connectivity index is 1.96. The van der Waals surface area contributed by atoms with Crippen molar-refractivity contribution in [3.8, 4) is 23.0 Å². The predicted molar refractivity (Wildman–Crippen MR) is 121 cm³/mol. The Hall–Kier alpha value is -3.54. The Bertz CT molecular complexity index is 1210. The number of nitrogens with zero attached hydrogens (tertiary/aromatic N) is 2. The third-order valence-electron chi connectivity index (χ3n) is 4.83. The fourth-order valence-electron chi connectivity index (χ4n) is 3.57. The molecule has 0 atom stereocenters. The Labute approximate surface area is 175 Å². The minimum Gasteiger partial charge on any atom is -0.313 e. The lowest BCUT2D eigenvalue weighted by Crippen LogP contribution is -1.99. The Kier molecular flexibility index (Phi) is 5.33. The maximum Gasteiger partial charge on any atom is 0.0998 e. The summed E-state index contributed by atoms with van der Waals surface area (Å²) in [5.74, 6) is 0. The fourth-order valence-corrected chi connectivity index (χ4v) is 3.76. The SMILES string of the molecule is Cc1cc(/C=C(/C#N)c2cccc(Cl)c2)c(-c2ccccc2)n1-c1ccccc1. The first-order chi connectivity index (χ1) is 14.2. The summed E-state index contributed by atoms with van der Waals surface area (Å²) in [5.41, 5.74) is 6.73. The van der Waals surface area contributed by atoms with Gasteiger partial charge in [-0.3, -0.25) is 0 Å². The number of aryl methyl sites for hydroxylation is 1. The molecule has 29 heavy (non-hydrogen) atoms. The van der Waals surface area contributed by atoms with Crippen molar-refractivity contribution in [2.45, 2.75) is 6.92 Å². The number of hydrogen-bond donors (Lipinski definition) is 0. The van der Waals surface area contributed by atoms with Crippen LogP contribution in [0.15, 0.2) is 91.0 Å². The molecule has 0 aliphatic carbocycles. The molecule has 0 aliphatic rings. The van der Waals surface area contributed by atoms with E-state index in [0.717, 1.165) is 33.8 Å². The van der Waals surface area contributed by atoms with E-state index in [4.69, 9.17) is 11.6 Å². The summed E-state index contributed by atoms with van der Waals surface area (Å²) in [6.07, 6.45) is 1.94. The smallest absolute Gasteiger partial charge is 0.0998 e. The van der Waals surface area contributed by atoms with Gasteiger partial charge in [-0.1, -0.05) is 72.3 Å². The van der Waals surface area contributed by atoms with Gasteiger partial charge in [-0.15, -0.1) is 0 Å². The molecule has 0 radical (unpaired) electrons. The first-order valence-electron chi connectivity index (χ1n) is 9.38. The summed E-state index contributed by atoms with van der Waals surface area (Å²) in [4.78, 5) is 0. The van der Waals surface area contributed by atoms with Crippen LogP contribution in [0.4, 0.5) is 0 Å². The summed E-state index contributed by atoms with van der Waals surface area (Å²) in [7, 11) is 0. The molecule has 3 heteroatoms. The van der Waals surface area contributed by atoms with Gasteiger partial charge in [0.25, 0.3) is 0 Å². The average molecular weight is 395 g/mol. The molecule has 0 saturated carbocycles. The van der Waals surface area contributed by atoms with Crippen LogP contribution in [-0.4, -0.2) is 4.57 Å². The van der Waals surface area contributed by atoms with Crippen LogP contribution < -0.4 is 0 Å². The van der Waals surface area contributed by atoms with Crippen molar-refractivity contribution in [3.05, 3.63) is 113 Å². The monoisotopic (exact) mass is 394 g/mol. The van der Waals surface area contributed by atoms with E-state index in [-0.39, 0.29) is 0 Å². The standard InChI is InChI=1S/C26H19ClN2/c1-19-15-22(16-23(18-28)21-11-8-12-24(27)17-21)26(20-9-4-2-5-10-20)29(19)25-13-6-3-7-14-25/h2-17H,1H3/b23-16-. The van der Waals surface area contributed by atoms with Crippen molar-refractivity contribution >= 4 is 23.3 Å². The number of halogens is 1. The number of aromatic nitrogens is 1. The van der Waals surface area contributed by atoms with Gasteiger partial charge in [-0.05, 0) is 54.5 Å². The van der Waals surface area contributed by atoms with Gasteiger partial charge >= 0.3 is 0 Å². The van der Waals surface area contributed by atoms with Crippen LogP contribution in [-0.2, 0) is 0 Å². The molecule has 0 aliphatic heterocycles. The minimum atomic E-state index is 0.579. The van der Waals surface area contributed by atoms with Crippen molar-refractivity contribution in [3.63, 3.8) is 0 Å². The highest BCUT2D eigenvalue weighted by atomic mass is 35.5. The number of hydrogen-bond acceptors (Lipinski definition) is 1. The zero-order valence-electron chi connectivity index (χ0n) is 16.0. The van der Waals surface area contributed by atoms with Crippen LogP contribution in [0.2, 0.25) is 5.02 Å². The topological polar surface area (TPSA) is 28.7 Å². The lowest BCUT2D eigenvalue weighted by molar-refractivity contribution is 1.02. The zero-order chi connectivity index (χ0) is 20.2. The molecule has 1 heterocycles. The molecule has 1 aromatic heterocycles. The van der Waals surface area contributed by atoms with Gasteiger partial charge in [0.05, 0.1) is 17.3 Å². The quantitative estimate of drug-likeness (QED) is 0.337. The highest BCUT2D eigenvalue weighted by Gasteiger charge is 2.16. The van der Waals surface area contributed by atoms with Crippen molar-refractivity contribution in [1.82, 2.24) is 4.57 Å². The molecule has 4 aromatic rings. The largest absolute Gasteiger partial charge is 0.313 e. The summed E-state index contributed by atoms with van der Waals surface area (Å²) in [6, 6.07) is 32.4. The normalized spacial score (nSPS) is 11.3. The molecule has 0 saturated heterocycles. The van der Waals surface area contributed by atoms with E-state index in [1.165, 1.54) is 0 Å². The molecule has 2 nitrogen and oxygen atoms in total. The van der Waals surface area contributed by atoms with E-state index in [2.05, 4.69) is 47.9 Å². The van der Waals surface area contributed by atoms with Crippen molar-refractivity contribution in [2.24, 2.45) is 0 Å². The van der Waals surface area contributed by atoms with Gasteiger partial charge in [0.1, 0.15) is 0 Å². The number of allylic oxidation sites excluding steroid dienone is 1. The molecule has 0 N–H and O–H groups in total. The van der Waals surface area contributed by atoms with E-state index >= 15 is 0 Å². The summed E-state index contributed by atoms with van der Waals surface area (Å²) in [6.45, 7) is 2.09. The van der Waals surface area contributed by atoms with Crippen LogP contribution in [0.3, 0.4) is 0 Å². The minimum absolute atomic E-state index is 0.579. The lowest BCUT2D eigenvalue weighted by atomic mass is 10.0. The highest BCUT2D eigenvalue weighted by Crippen LogP contribution is 2.33. The number of para-hydroxylation sites is 1. The second kappa shape index (κ2) is 8.22. The molecule has 3 aromatic carbocycles. The van der Waals surface area contributed by atoms with E-state index in [1.54, 1.807) is 0 Å². The second-order valence-corrected chi connectivity index (χ2v) is 7.24. The van der Waals surface area contributed by atoms with Crippen LogP contribution in [0.1, 0.15) is 16.8 Å². The number of rotatable bonds is 4. The highest BCUT2D eigenvalue weighted by molar-refractivity contribution is 6.30. The van der Waals surface area contributed by atoms with Crippen LogP contribution in [0, 0.1) is 18.3 Å². The molecule has 4 rings (SSSR count). The van der Waals surface area contributed by atoms with Crippen molar-refractivity contribution in [1.29, 1.82) is 5.26 Å². The molecule has 0 unspecified atom stereocenters. The van der Waals surface area contributed by atoms with E-state index in [9.17, 15) is 5.26 Å². The summed E-state index contributed by atoms with van der Waals surface area (Å²) in [5, 5.41) is 10.4. The predicted octanol–water partition coefficient (Wildman–Crippen LogP) is 7.17. The maximum absolute atomic E-state index is 9.82. The Morgan fingerprint density at radius 2 is 1.59 bits per heavy atom. The van der Waals surface area contributed by atoms with Gasteiger partial charge in [0.2, 0.25) is 0 Å². The van der Waals surface area contributed by atoms with E-state index in [0.29, 0.717) is 10.6 Å². The molecular formula is C26H19ClN2. The molecule has 0 bridgehead atoms. The molecule has 0 amide bonds. The third kappa shape index (κ3) is 3.87. The molecular weight excluding hydrogens is 376 g/mol. The van der Waals surface area contributed by atoms with Gasteiger partial charge in [-0.2, -0.15) is 5.26 Å². The second-order valence-electron chi connectivity index (χ2n) is 6.81. The molecule has 140 valence electrons. The van der Waals surface area contributed by atoms with E-state index < -0.39 is 0 Å². The van der Waals surface area contributed by atoms with Crippen LogP contribution in [0.25, 0.3) is 28.6 Å².